The molecule has 4 heterocycles. The lowest BCUT2D eigenvalue weighted by Crippen LogP contribution is -2.41. The third-order valence-corrected chi connectivity index (χ3v) is 3.94. The maximum absolute atomic E-state index is 5.14. The second-order valence-electron chi connectivity index (χ2n) is 4.70. The van der Waals surface area contributed by atoms with Gasteiger partial charge in [-0.3, -0.25) is 4.99 Å². The number of anilines is 2. The highest BCUT2D eigenvalue weighted by molar-refractivity contribution is 9.12. The predicted octanol–water partition coefficient (Wildman–Crippen LogP) is 1.26. The molecule has 0 saturated carbocycles. The lowest BCUT2D eigenvalue weighted by Gasteiger charge is -2.28. The minimum atomic E-state index is 0.329. The van der Waals surface area contributed by atoms with Gasteiger partial charge in [0.2, 0.25) is 5.95 Å². The number of nitrogens with one attached hydrogen (secondary N) is 1. The summed E-state index contributed by atoms with van der Waals surface area (Å²) < 4.78 is 6.13. The summed E-state index contributed by atoms with van der Waals surface area (Å²) in [5.41, 5.74) is 1.02. The number of fused-ring (bicyclic) bond motifs is 3. The quantitative estimate of drug-likeness (QED) is 0.888. The van der Waals surface area contributed by atoms with E-state index in [1.807, 2.05) is 12.3 Å². The smallest absolute Gasteiger partial charge is 0.225 e. The van der Waals surface area contributed by atoms with Crippen molar-refractivity contribution in [3.8, 4) is 0 Å². The van der Waals surface area contributed by atoms with Crippen LogP contribution in [-0.4, -0.2) is 48.1 Å². The molecule has 0 aliphatic carbocycles. The fourth-order valence-corrected chi connectivity index (χ4v) is 2.92. The Morgan fingerprint density at radius 1 is 1.42 bits per heavy atom. The number of nitrogens with zero attached hydrogens (tertiary/aromatic N) is 4. The van der Waals surface area contributed by atoms with Gasteiger partial charge in [-0.2, -0.15) is 4.98 Å². The van der Waals surface area contributed by atoms with Gasteiger partial charge >= 0.3 is 0 Å². The third kappa shape index (κ3) is 1.84. The normalized spacial score (nSPS) is 21.2. The van der Waals surface area contributed by atoms with Crippen LogP contribution in [0.3, 0.4) is 0 Å². The van der Waals surface area contributed by atoms with Crippen molar-refractivity contribution >= 4 is 39.6 Å². The fraction of sp³-hybridized carbons (Fsp3) is 0.417. The van der Waals surface area contributed by atoms with E-state index in [1.165, 1.54) is 0 Å². The van der Waals surface area contributed by atoms with Crippen molar-refractivity contribution < 1.29 is 4.74 Å². The van der Waals surface area contributed by atoms with Crippen molar-refractivity contribution in [3.05, 3.63) is 16.2 Å². The molecular weight excluding hydrogens is 310 g/mol. The zero-order chi connectivity index (χ0) is 12.8. The van der Waals surface area contributed by atoms with Crippen LogP contribution >= 0.6 is 15.9 Å². The van der Waals surface area contributed by atoms with Crippen LogP contribution in [-0.2, 0) is 4.74 Å². The highest BCUT2D eigenvalue weighted by Gasteiger charge is 2.29. The number of halogens is 1. The summed E-state index contributed by atoms with van der Waals surface area (Å²) >= 11 is 3.55. The van der Waals surface area contributed by atoms with E-state index in [1.54, 1.807) is 0 Å². The monoisotopic (exact) mass is 321 g/mol. The first-order valence-electron chi connectivity index (χ1n) is 6.22. The third-order valence-electron chi connectivity index (χ3n) is 3.36. The van der Waals surface area contributed by atoms with E-state index in [-0.39, 0.29) is 0 Å². The maximum atomic E-state index is 5.14. The van der Waals surface area contributed by atoms with E-state index in [9.17, 15) is 0 Å². The number of aromatic nitrogens is 2. The van der Waals surface area contributed by atoms with Crippen molar-refractivity contribution in [1.29, 1.82) is 0 Å². The molecule has 98 valence electrons. The van der Waals surface area contributed by atoms with Crippen molar-refractivity contribution in [2.24, 2.45) is 4.99 Å². The van der Waals surface area contributed by atoms with Crippen LogP contribution in [0, 0.1) is 0 Å². The Kier molecular flexibility index (Phi) is 2.56. The van der Waals surface area contributed by atoms with Gasteiger partial charge in [0.05, 0.1) is 30.3 Å². The van der Waals surface area contributed by atoms with E-state index < -0.39 is 0 Å². The SMILES string of the molecule is BrC1=Cc2cnc(NC3COC3)nc2N2CCN=C12. The molecule has 0 radical (unpaired) electrons. The predicted molar refractivity (Wildman–Crippen MR) is 76.8 cm³/mol. The number of ether oxygens (including phenoxy) is 1. The minimum absolute atomic E-state index is 0.329. The molecule has 0 unspecified atom stereocenters. The summed E-state index contributed by atoms with van der Waals surface area (Å²) in [4.78, 5) is 15.6. The van der Waals surface area contributed by atoms with Crippen molar-refractivity contribution in [2.45, 2.75) is 6.04 Å². The number of amidine groups is 1. The Labute approximate surface area is 118 Å². The summed E-state index contributed by atoms with van der Waals surface area (Å²) in [5, 5.41) is 3.27. The first-order chi connectivity index (χ1) is 9.31. The van der Waals surface area contributed by atoms with Gasteiger partial charge in [0.1, 0.15) is 11.7 Å². The van der Waals surface area contributed by atoms with Crippen LogP contribution in [0.15, 0.2) is 15.7 Å². The zero-order valence-electron chi connectivity index (χ0n) is 10.1. The molecule has 0 atom stereocenters. The van der Waals surface area contributed by atoms with Gasteiger partial charge in [-0.1, -0.05) is 0 Å². The molecule has 19 heavy (non-hydrogen) atoms. The second-order valence-corrected chi connectivity index (χ2v) is 5.55. The Hall–Kier alpha value is -1.47. The molecule has 0 aromatic carbocycles. The molecule has 0 amide bonds. The summed E-state index contributed by atoms with van der Waals surface area (Å²) in [6, 6.07) is 0.329. The standard InChI is InChI=1S/C12H12BrN5O/c13-9-3-7-4-15-12(16-8-5-19-6-8)17-10(7)18-2-1-14-11(9)18/h3-4,8H,1-2,5-6H2,(H,15,16,17). The number of hydrogen-bond donors (Lipinski definition) is 1. The summed E-state index contributed by atoms with van der Waals surface area (Å²) in [7, 11) is 0. The Balaban J connectivity index is 1.70. The molecule has 1 saturated heterocycles. The van der Waals surface area contributed by atoms with E-state index >= 15 is 0 Å². The molecule has 0 bridgehead atoms. The number of rotatable bonds is 2. The van der Waals surface area contributed by atoms with E-state index in [2.05, 4.69) is 41.1 Å². The Bertz CT molecular complexity index is 596. The molecule has 7 heteroatoms. The van der Waals surface area contributed by atoms with Gasteiger partial charge in [0.25, 0.3) is 0 Å². The molecule has 1 aromatic rings. The van der Waals surface area contributed by atoms with Gasteiger partial charge in [-0.05, 0) is 22.0 Å². The summed E-state index contributed by atoms with van der Waals surface area (Å²) in [5.74, 6) is 2.55. The largest absolute Gasteiger partial charge is 0.377 e. The van der Waals surface area contributed by atoms with Crippen LogP contribution in [0.1, 0.15) is 5.56 Å². The molecular formula is C12H12BrN5O. The van der Waals surface area contributed by atoms with E-state index in [0.29, 0.717) is 12.0 Å². The highest BCUT2D eigenvalue weighted by Crippen LogP contribution is 2.33. The molecule has 1 N–H and O–H groups in total. The first kappa shape index (κ1) is 11.4. The molecule has 1 fully saturated rings. The number of hydrogen-bond acceptors (Lipinski definition) is 6. The molecule has 4 rings (SSSR count). The lowest BCUT2D eigenvalue weighted by molar-refractivity contribution is 0.0208. The topological polar surface area (TPSA) is 62.6 Å². The van der Waals surface area contributed by atoms with Crippen molar-refractivity contribution in [1.82, 2.24) is 9.97 Å². The average molecular weight is 322 g/mol. The molecule has 6 nitrogen and oxygen atoms in total. The van der Waals surface area contributed by atoms with Crippen LogP contribution in [0.5, 0.6) is 0 Å². The van der Waals surface area contributed by atoms with E-state index in [0.717, 1.165) is 48.0 Å². The second kappa shape index (κ2) is 4.28. The van der Waals surface area contributed by atoms with Gasteiger partial charge in [0, 0.05) is 18.3 Å². The van der Waals surface area contributed by atoms with Crippen molar-refractivity contribution in [3.63, 3.8) is 0 Å². The van der Waals surface area contributed by atoms with Gasteiger partial charge < -0.3 is 15.0 Å². The van der Waals surface area contributed by atoms with Crippen LogP contribution in [0.25, 0.3) is 6.08 Å². The first-order valence-corrected chi connectivity index (χ1v) is 7.01. The van der Waals surface area contributed by atoms with Gasteiger partial charge in [0.15, 0.2) is 0 Å². The maximum Gasteiger partial charge on any atom is 0.225 e. The van der Waals surface area contributed by atoms with Gasteiger partial charge in [-0.15, -0.1) is 0 Å². The molecule has 0 spiro atoms. The van der Waals surface area contributed by atoms with Crippen LogP contribution in [0.2, 0.25) is 0 Å². The fourth-order valence-electron chi connectivity index (χ4n) is 2.33. The summed E-state index contributed by atoms with van der Waals surface area (Å²) in [6.07, 6.45) is 3.87. The molecule has 3 aliphatic rings. The Morgan fingerprint density at radius 3 is 3.11 bits per heavy atom. The van der Waals surface area contributed by atoms with Crippen molar-refractivity contribution in [2.75, 3.05) is 36.5 Å². The molecule has 1 aromatic heterocycles. The molecule has 3 aliphatic heterocycles. The average Bonchev–Trinajstić information content (AvgIpc) is 2.84. The highest BCUT2D eigenvalue weighted by atomic mass is 79.9. The Morgan fingerprint density at radius 2 is 2.32 bits per heavy atom. The van der Waals surface area contributed by atoms with Crippen LogP contribution < -0.4 is 10.2 Å². The summed E-state index contributed by atoms with van der Waals surface area (Å²) in [6.45, 7) is 3.12. The minimum Gasteiger partial charge on any atom is -0.377 e. The van der Waals surface area contributed by atoms with Crippen LogP contribution in [0.4, 0.5) is 11.8 Å². The number of aliphatic imine (C=N–C) groups is 1. The lowest BCUT2D eigenvalue weighted by atomic mass is 10.2. The zero-order valence-corrected chi connectivity index (χ0v) is 11.7. The van der Waals surface area contributed by atoms with Gasteiger partial charge in [-0.25, -0.2) is 4.98 Å². The van der Waals surface area contributed by atoms with E-state index in [4.69, 9.17) is 4.74 Å².